The number of furan rings is 1. The number of benzene rings is 1. The Morgan fingerprint density at radius 2 is 1.82 bits per heavy atom. The van der Waals surface area contributed by atoms with Crippen molar-refractivity contribution >= 4 is 5.69 Å². The smallest absolute Gasteiger partial charge is 0.117 e. The minimum atomic E-state index is 0.569. The summed E-state index contributed by atoms with van der Waals surface area (Å²) in [5, 5.41) is 3.79. The molecule has 1 aromatic heterocycles. The Hall–Kier alpha value is -1.78. The van der Waals surface area contributed by atoms with Crippen molar-refractivity contribution in [1.29, 1.82) is 0 Å². The molecule has 0 radical (unpaired) electrons. The normalized spacial score (nSPS) is 22.6. The Balaban J connectivity index is 1.26. The second-order valence-electron chi connectivity index (χ2n) is 8.84. The molecule has 4 rings (SSSR count). The van der Waals surface area contributed by atoms with Crippen LogP contribution in [0.2, 0.25) is 0 Å². The predicted octanol–water partition coefficient (Wildman–Crippen LogP) is 4.94. The molecule has 0 aliphatic carbocycles. The summed E-state index contributed by atoms with van der Waals surface area (Å²) in [5.41, 5.74) is 2.68. The monoisotopic (exact) mass is 381 g/mol. The molecule has 0 saturated carbocycles. The molecule has 2 saturated heterocycles. The van der Waals surface area contributed by atoms with Crippen LogP contribution in [0.5, 0.6) is 0 Å². The van der Waals surface area contributed by atoms with Crippen molar-refractivity contribution in [2.45, 2.75) is 64.1 Å². The number of nitrogens with one attached hydrogen (secondary N) is 1. The molecular formula is C24H35N3O. The van der Waals surface area contributed by atoms with E-state index >= 15 is 0 Å². The fourth-order valence-corrected chi connectivity index (χ4v) is 4.72. The first kappa shape index (κ1) is 19.5. The summed E-state index contributed by atoms with van der Waals surface area (Å²) in [6.07, 6.45) is 6.90. The van der Waals surface area contributed by atoms with E-state index in [1.165, 1.54) is 63.1 Å². The minimum Gasteiger partial charge on any atom is -0.468 e. The SMILES string of the molecule is CC(C)c1ccc(NC2CCCN(C3CCN(Cc4ccco4)CC3)C2)cc1. The van der Waals surface area contributed by atoms with Gasteiger partial charge in [0.15, 0.2) is 0 Å². The lowest BCUT2D eigenvalue weighted by molar-refractivity contribution is 0.0828. The molecule has 0 spiro atoms. The van der Waals surface area contributed by atoms with Crippen LogP contribution in [0.4, 0.5) is 5.69 Å². The highest BCUT2D eigenvalue weighted by Gasteiger charge is 2.29. The van der Waals surface area contributed by atoms with Crippen molar-refractivity contribution in [2.24, 2.45) is 0 Å². The molecule has 4 heteroatoms. The molecule has 3 heterocycles. The molecule has 1 unspecified atom stereocenters. The summed E-state index contributed by atoms with van der Waals surface area (Å²) in [7, 11) is 0. The van der Waals surface area contributed by atoms with Crippen LogP contribution in [-0.4, -0.2) is 48.1 Å². The van der Waals surface area contributed by atoms with Crippen LogP contribution in [0.3, 0.4) is 0 Å². The van der Waals surface area contributed by atoms with E-state index in [1.54, 1.807) is 6.26 Å². The zero-order valence-corrected chi connectivity index (χ0v) is 17.4. The Kier molecular flexibility index (Phi) is 6.38. The Labute approximate surface area is 169 Å². The lowest BCUT2D eigenvalue weighted by Gasteiger charge is -2.42. The number of hydrogen-bond acceptors (Lipinski definition) is 4. The summed E-state index contributed by atoms with van der Waals surface area (Å²) < 4.78 is 5.51. The molecule has 1 aromatic carbocycles. The molecule has 0 bridgehead atoms. The zero-order chi connectivity index (χ0) is 19.3. The second kappa shape index (κ2) is 9.15. The van der Waals surface area contributed by atoms with Gasteiger partial charge in [0.2, 0.25) is 0 Å². The average Bonchev–Trinajstić information content (AvgIpc) is 3.22. The predicted molar refractivity (Wildman–Crippen MR) is 116 cm³/mol. The second-order valence-corrected chi connectivity index (χ2v) is 8.84. The lowest BCUT2D eigenvalue weighted by atomic mass is 9.97. The summed E-state index contributed by atoms with van der Waals surface area (Å²) in [6, 6.07) is 14.4. The van der Waals surface area contributed by atoms with E-state index < -0.39 is 0 Å². The number of rotatable bonds is 6. The largest absolute Gasteiger partial charge is 0.468 e. The van der Waals surface area contributed by atoms with Crippen molar-refractivity contribution in [3.05, 3.63) is 54.0 Å². The van der Waals surface area contributed by atoms with Gasteiger partial charge >= 0.3 is 0 Å². The first-order chi connectivity index (χ1) is 13.7. The Morgan fingerprint density at radius 3 is 2.50 bits per heavy atom. The number of piperidine rings is 2. The molecule has 28 heavy (non-hydrogen) atoms. The van der Waals surface area contributed by atoms with E-state index in [1.807, 2.05) is 6.07 Å². The van der Waals surface area contributed by atoms with Gasteiger partial charge in [-0.2, -0.15) is 0 Å². The van der Waals surface area contributed by atoms with Crippen LogP contribution in [0.1, 0.15) is 56.8 Å². The first-order valence-electron chi connectivity index (χ1n) is 11.0. The maximum absolute atomic E-state index is 5.51. The van der Waals surface area contributed by atoms with Crippen LogP contribution < -0.4 is 5.32 Å². The van der Waals surface area contributed by atoms with Crippen LogP contribution in [0.25, 0.3) is 0 Å². The fraction of sp³-hybridized carbons (Fsp3) is 0.583. The van der Waals surface area contributed by atoms with Crippen molar-refractivity contribution in [3.63, 3.8) is 0 Å². The van der Waals surface area contributed by atoms with Crippen LogP contribution >= 0.6 is 0 Å². The third-order valence-electron chi connectivity index (χ3n) is 6.43. The van der Waals surface area contributed by atoms with Crippen LogP contribution in [-0.2, 0) is 6.54 Å². The van der Waals surface area contributed by atoms with Gasteiger partial charge in [-0.15, -0.1) is 0 Å². The summed E-state index contributed by atoms with van der Waals surface area (Å²) >= 11 is 0. The highest BCUT2D eigenvalue weighted by atomic mass is 16.3. The lowest BCUT2D eigenvalue weighted by Crippen LogP contribution is -2.50. The molecule has 1 atom stereocenters. The van der Waals surface area contributed by atoms with Gasteiger partial charge in [-0.3, -0.25) is 9.80 Å². The van der Waals surface area contributed by atoms with Crippen molar-refractivity contribution < 1.29 is 4.42 Å². The highest BCUT2D eigenvalue weighted by molar-refractivity contribution is 5.46. The van der Waals surface area contributed by atoms with Gasteiger partial charge in [0.05, 0.1) is 12.8 Å². The number of likely N-dealkylation sites (tertiary alicyclic amines) is 2. The molecule has 2 aliphatic rings. The maximum Gasteiger partial charge on any atom is 0.117 e. The molecule has 2 aromatic rings. The number of hydrogen-bond donors (Lipinski definition) is 1. The first-order valence-corrected chi connectivity index (χ1v) is 11.0. The topological polar surface area (TPSA) is 31.6 Å². The zero-order valence-electron chi connectivity index (χ0n) is 17.4. The summed E-state index contributed by atoms with van der Waals surface area (Å²) in [6.45, 7) is 10.2. The van der Waals surface area contributed by atoms with Gasteiger partial charge in [-0.25, -0.2) is 0 Å². The Morgan fingerprint density at radius 1 is 1.04 bits per heavy atom. The molecule has 152 valence electrons. The maximum atomic E-state index is 5.51. The molecule has 4 nitrogen and oxygen atoms in total. The van der Waals surface area contributed by atoms with E-state index in [0.717, 1.165) is 18.3 Å². The van der Waals surface area contributed by atoms with Gasteiger partial charge in [0.1, 0.15) is 5.76 Å². The van der Waals surface area contributed by atoms with Gasteiger partial charge in [-0.05, 0) is 68.0 Å². The third kappa shape index (κ3) is 4.98. The van der Waals surface area contributed by atoms with E-state index in [9.17, 15) is 0 Å². The van der Waals surface area contributed by atoms with E-state index in [2.05, 4.69) is 59.3 Å². The van der Waals surface area contributed by atoms with E-state index in [-0.39, 0.29) is 0 Å². The van der Waals surface area contributed by atoms with Crippen LogP contribution in [0.15, 0.2) is 47.1 Å². The number of anilines is 1. The average molecular weight is 382 g/mol. The minimum absolute atomic E-state index is 0.569. The standard InChI is InChI=1S/C24H35N3O/c1-19(2)20-7-9-21(10-8-20)25-22-5-3-13-27(17-22)23-11-14-26(15-12-23)18-24-6-4-16-28-24/h4,6-10,16,19,22-23,25H,3,5,11-15,17-18H2,1-2H3. The fourth-order valence-electron chi connectivity index (χ4n) is 4.72. The summed E-state index contributed by atoms with van der Waals surface area (Å²) in [4.78, 5) is 5.28. The Bertz CT molecular complexity index is 702. The van der Waals surface area contributed by atoms with Gasteiger partial charge < -0.3 is 9.73 Å². The molecular weight excluding hydrogens is 346 g/mol. The summed E-state index contributed by atoms with van der Waals surface area (Å²) in [5.74, 6) is 1.68. The van der Waals surface area contributed by atoms with E-state index in [0.29, 0.717) is 12.0 Å². The van der Waals surface area contributed by atoms with Crippen molar-refractivity contribution in [1.82, 2.24) is 9.80 Å². The molecule has 2 aliphatic heterocycles. The quantitative estimate of drug-likeness (QED) is 0.768. The van der Waals surface area contributed by atoms with Gasteiger partial charge in [-0.1, -0.05) is 26.0 Å². The van der Waals surface area contributed by atoms with Gasteiger partial charge in [0, 0.05) is 37.4 Å². The highest BCUT2D eigenvalue weighted by Crippen LogP contribution is 2.24. The van der Waals surface area contributed by atoms with Crippen LogP contribution in [0, 0.1) is 0 Å². The van der Waals surface area contributed by atoms with Crippen molar-refractivity contribution in [3.8, 4) is 0 Å². The number of nitrogens with zero attached hydrogens (tertiary/aromatic N) is 2. The van der Waals surface area contributed by atoms with E-state index in [4.69, 9.17) is 4.42 Å². The molecule has 2 fully saturated rings. The van der Waals surface area contributed by atoms with Crippen molar-refractivity contribution in [2.75, 3.05) is 31.5 Å². The molecule has 1 N–H and O–H groups in total. The molecule has 0 amide bonds. The van der Waals surface area contributed by atoms with Gasteiger partial charge in [0.25, 0.3) is 0 Å². The third-order valence-corrected chi connectivity index (χ3v) is 6.43.